The monoisotopic (exact) mass is 176 g/mol. The van der Waals surface area contributed by atoms with Gasteiger partial charge in [0, 0.05) is 17.5 Å². The quantitative estimate of drug-likeness (QED) is 0.580. The van der Waals surface area contributed by atoms with E-state index in [0.717, 1.165) is 5.22 Å². The molecule has 1 aromatic rings. The fourth-order valence-electron chi connectivity index (χ4n) is 1.08. The minimum atomic E-state index is -0.101. The van der Waals surface area contributed by atoms with Crippen LogP contribution in [0.4, 0.5) is 0 Å². The Morgan fingerprint density at radius 3 is 2.85 bits per heavy atom. The summed E-state index contributed by atoms with van der Waals surface area (Å²) in [5.74, 6) is 0. The van der Waals surface area contributed by atoms with Crippen LogP contribution in [0.2, 0.25) is 0 Å². The van der Waals surface area contributed by atoms with E-state index in [1.54, 1.807) is 25.4 Å². The Bertz CT molecular complexity index is 483. The van der Waals surface area contributed by atoms with Crippen molar-refractivity contribution in [3.05, 3.63) is 39.6 Å². The molecule has 68 valence electrons. The lowest BCUT2D eigenvalue weighted by atomic mass is 10.3. The molecule has 1 heterocycles. The van der Waals surface area contributed by atoms with Crippen LogP contribution in [0.25, 0.3) is 12.2 Å². The topological polar surface area (TPSA) is 34.9 Å². The molecule has 0 bridgehead atoms. The maximum Gasteiger partial charge on any atom is 0.274 e. The Morgan fingerprint density at radius 2 is 2.31 bits per heavy atom. The highest BCUT2D eigenvalue weighted by molar-refractivity contribution is 5.36. The molecule has 3 nitrogen and oxygen atoms in total. The van der Waals surface area contributed by atoms with Gasteiger partial charge in [-0.3, -0.25) is 4.79 Å². The van der Waals surface area contributed by atoms with Gasteiger partial charge >= 0.3 is 0 Å². The Balaban J connectivity index is 3.83. The van der Waals surface area contributed by atoms with Crippen LogP contribution in [0.3, 0.4) is 0 Å². The van der Waals surface area contributed by atoms with Crippen molar-refractivity contribution in [2.75, 3.05) is 0 Å². The molecule has 0 unspecified atom stereocenters. The number of hydrogen-bond donors (Lipinski definition) is 0. The molecule has 0 aliphatic heterocycles. The second-order valence-electron chi connectivity index (χ2n) is 2.63. The lowest BCUT2D eigenvalue weighted by Gasteiger charge is -1.94. The van der Waals surface area contributed by atoms with Gasteiger partial charge in [0.15, 0.2) is 0 Å². The molecule has 0 amide bonds. The van der Waals surface area contributed by atoms with Crippen molar-refractivity contribution in [1.29, 1.82) is 0 Å². The molecule has 0 aliphatic rings. The van der Waals surface area contributed by atoms with E-state index in [2.05, 4.69) is 11.7 Å². The predicted molar refractivity (Wildman–Crippen MR) is 53.5 cm³/mol. The van der Waals surface area contributed by atoms with Gasteiger partial charge in [0.05, 0.1) is 6.20 Å². The molecule has 0 atom stereocenters. The molecule has 0 radical (unpaired) electrons. The van der Waals surface area contributed by atoms with Gasteiger partial charge in [-0.15, -0.1) is 0 Å². The molecule has 0 N–H and O–H groups in total. The molecule has 0 aliphatic carbocycles. The summed E-state index contributed by atoms with van der Waals surface area (Å²) >= 11 is 0. The standard InChI is InChI=1S/C10H12N2O/c1-4-6-9-8(5-2)7-11-12(3)10(9)13/h4-7H,1H2,2-3H3/b8-5-,9-6+. The third-order valence-corrected chi connectivity index (χ3v) is 1.80. The first-order chi connectivity index (χ1) is 6.20. The molecule has 0 fully saturated rings. The van der Waals surface area contributed by atoms with E-state index in [0.29, 0.717) is 5.22 Å². The number of hydrogen-bond acceptors (Lipinski definition) is 2. The van der Waals surface area contributed by atoms with Crippen LogP contribution in [-0.4, -0.2) is 9.78 Å². The van der Waals surface area contributed by atoms with Gasteiger partial charge < -0.3 is 0 Å². The van der Waals surface area contributed by atoms with Crippen molar-refractivity contribution in [2.45, 2.75) is 6.92 Å². The summed E-state index contributed by atoms with van der Waals surface area (Å²) in [6.45, 7) is 5.44. The molecule has 3 heteroatoms. The van der Waals surface area contributed by atoms with Crippen molar-refractivity contribution in [3.63, 3.8) is 0 Å². The summed E-state index contributed by atoms with van der Waals surface area (Å²) < 4.78 is 1.31. The SMILES string of the molecule is C=C/C=c1/c(=O)n(C)nc/c1=C/C. The minimum absolute atomic E-state index is 0.101. The fraction of sp³-hybridized carbons (Fsp3) is 0.200. The van der Waals surface area contributed by atoms with Crippen molar-refractivity contribution >= 4 is 12.2 Å². The number of nitrogens with zero attached hydrogens (tertiary/aromatic N) is 2. The second-order valence-corrected chi connectivity index (χ2v) is 2.63. The van der Waals surface area contributed by atoms with Crippen molar-refractivity contribution in [3.8, 4) is 0 Å². The van der Waals surface area contributed by atoms with E-state index in [1.807, 2.05) is 13.0 Å². The largest absolute Gasteiger partial charge is 0.274 e. The summed E-state index contributed by atoms with van der Waals surface area (Å²) in [6, 6.07) is 0. The molecule has 0 spiro atoms. The third kappa shape index (κ3) is 1.75. The minimum Gasteiger partial charge on any atom is -0.267 e. The zero-order chi connectivity index (χ0) is 9.84. The molecule has 0 aromatic carbocycles. The Hall–Kier alpha value is -1.64. The predicted octanol–water partition coefficient (Wildman–Crippen LogP) is -0.453. The van der Waals surface area contributed by atoms with Gasteiger partial charge in [-0.1, -0.05) is 18.7 Å². The molecule has 0 saturated heterocycles. The number of aromatic nitrogens is 2. The third-order valence-electron chi connectivity index (χ3n) is 1.80. The summed E-state index contributed by atoms with van der Waals surface area (Å²) in [6.07, 6.45) is 6.81. The lowest BCUT2D eigenvalue weighted by Crippen LogP contribution is -2.44. The fourth-order valence-corrected chi connectivity index (χ4v) is 1.08. The van der Waals surface area contributed by atoms with Crippen LogP contribution in [-0.2, 0) is 7.05 Å². The van der Waals surface area contributed by atoms with Crippen LogP contribution >= 0.6 is 0 Å². The maximum atomic E-state index is 11.5. The highest BCUT2D eigenvalue weighted by Gasteiger charge is 1.93. The molecular weight excluding hydrogens is 164 g/mol. The molecule has 13 heavy (non-hydrogen) atoms. The summed E-state index contributed by atoms with van der Waals surface area (Å²) in [4.78, 5) is 11.5. The van der Waals surface area contributed by atoms with Gasteiger partial charge in [-0.2, -0.15) is 5.10 Å². The zero-order valence-electron chi connectivity index (χ0n) is 7.82. The van der Waals surface area contributed by atoms with Crippen molar-refractivity contribution < 1.29 is 0 Å². The average molecular weight is 176 g/mol. The number of allylic oxidation sites excluding steroid dienone is 1. The highest BCUT2D eigenvalue weighted by Crippen LogP contribution is 1.63. The summed E-state index contributed by atoms with van der Waals surface area (Å²) in [5.41, 5.74) is -0.101. The first-order valence-corrected chi connectivity index (χ1v) is 4.02. The maximum absolute atomic E-state index is 11.5. The van der Waals surface area contributed by atoms with Gasteiger partial charge in [-0.25, -0.2) is 4.68 Å². The van der Waals surface area contributed by atoms with Crippen molar-refractivity contribution in [1.82, 2.24) is 9.78 Å². The second kappa shape index (κ2) is 3.85. The lowest BCUT2D eigenvalue weighted by molar-refractivity contribution is 0.696. The molecular formula is C10H12N2O. The average Bonchev–Trinajstić information content (AvgIpc) is 2.14. The normalized spacial score (nSPS) is 13.4. The van der Waals surface area contributed by atoms with Crippen LogP contribution in [0.1, 0.15) is 6.92 Å². The molecule has 1 rings (SSSR count). The molecule has 1 aromatic heterocycles. The van der Waals surface area contributed by atoms with Gasteiger partial charge in [-0.05, 0) is 13.0 Å². The first kappa shape index (κ1) is 9.45. The zero-order valence-corrected chi connectivity index (χ0v) is 7.82. The molecule has 0 saturated carbocycles. The van der Waals surface area contributed by atoms with Crippen LogP contribution < -0.4 is 16.0 Å². The van der Waals surface area contributed by atoms with Gasteiger partial charge in [0.1, 0.15) is 0 Å². The number of rotatable bonds is 1. The van der Waals surface area contributed by atoms with Crippen LogP contribution in [0.15, 0.2) is 23.6 Å². The van der Waals surface area contributed by atoms with Crippen molar-refractivity contribution in [2.24, 2.45) is 7.05 Å². The van der Waals surface area contributed by atoms with E-state index in [-0.39, 0.29) is 5.56 Å². The van der Waals surface area contributed by atoms with E-state index >= 15 is 0 Å². The smallest absolute Gasteiger partial charge is 0.267 e. The van der Waals surface area contributed by atoms with E-state index < -0.39 is 0 Å². The summed E-state index contributed by atoms with van der Waals surface area (Å²) in [5, 5.41) is 5.38. The number of aryl methyl sites for hydroxylation is 1. The summed E-state index contributed by atoms with van der Waals surface area (Å²) in [7, 11) is 1.63. The van der Waals surface area contributed by atoms with E-state index in [9.17, 15) is 4.79 Å². The van der Waals surface area contributed by atoms with Crippen LogP contribution in [0.5, 0.6) is 0 Å². The van der Waals surface area contributed by atoms with E-state index in [4.69, 9.17) is 0 Å². The Labute approximate surface area is 76.3 Å². The van der Waals surface area contributed by atoms with Crippen LogP contribution in [0, 0.1) is 0 Å². The highest BCUT2D eigenvalue weighted by atomic mass is 16.1. The van der Waals surface area contributed by atoms with Gasteiger partial charge in [0.2, 0.25) is 0 Å². The first-order valence-electron chi connectivity index (χ1n) is 4.02. The Morgan fingerprint density at radius 1 is 1.62 bits per heavy atom. The van der Waals surface area contributed by atoms with Gasteiger partial charge in [0.25, 0.3) is 5.56 Å². The Kier molecular flexibility index (Phi) is 2.80. The van der Waals surface area contributed by atoms with E-state index in [1.165, 1.54) is 4.68 Å².